The molecule has 0 aromatic heterocycles. The van der Waals surface area contributed by atoms with Gasteiger partial charge in [-0.2, -0.15) is 0 Å². The molecule has 0 saturated heterocycles. The molecule has 34 heavy (non-hydrogen) atoms. The molecule has 2 N–H and O–H groups in total. The summed E-state index contributed by atoms with van der Waals surface area (Å²) < 4.78 is 24.1. The zero-order chi connectivity index (χ0) is 24.5. The number of ether oxygens (including phenoxy) is 2. The summed E-state index contributed by atoms with van der Waals surface area (Å²) in [5.74, 6) is 0.229. The van der Waals surface area contributed by atoms with Gasteiger partial charge in [0.15, 0.2) is 11.5 Å². The number of carbonyl (C=O) groups is 2. The van der Waals surface area contributed by atoms with Crippen LogP contribution in [0.1, 0.15) is 35.3 Å². The molecule has 176 valence electrons. The average Bonchev–Trinajstić information content (AvgIpc) is 2.82. The van der Waals surface area contributed by atoms with Crippen LogP contribution < -0.4 is 20.1 Å². The van der Waals surface area contributed by atoms with E-state index in [2.05, 4.69) is 10.6 Å². The minimum absolute atomic E-state index is 0.0239. The highest BCUT2D eigenvalue weighted by molar-refractivity contribution is 6.04. The number of hydrogen-bond donors (Lipinski definition) is 2. The summed E-state index contributed by atoms with van der Waals surface area (Å²) in [4.78, 5) is 24.6. The molecule has 0 unspecified atom stereocenters. The number of nitrogens with one attached hydrogen (secondary N) is 2. The summed E-state index contributed by atoms with van der Waals surface area (Å²) >= 11 is 0. The molecular weight excluding hydrogens is 435 g/mol. The Bertz CT molecular complexity index is 1170. The zero-order valence-electron chi connectivity index (χ0n) is 19.3. The largest absolute Gasteiger partial charge is 0.493 e. The zero-order valence-corrected chi connectivity index (χ0v) is 19.3. The van der Waals surface area contributed by atoms with E-state index in [0.29, 0.717) is 22.7 Å². The minimum Gasteiger partial charge on any atom is -0.493 e. The predicted octanol–water partition coefficient (Wildman–Crippen LogP) is 5.20. The molecule has 0 saturated carbocycles. The van der Waals surface area contributed by atoms with Crippen molar-refractivity contribution in [3.05, 3.63) is 95.3 Å². The van der Waals surface area contributed by atoms with Crippen LogP contribution in [0.3, 0.4) is 0 Å². The van der Waals surface area contributed by atoms with Gasteiger partial charge < -0.3 is 20.1 Å². The van der Waals surface area contributed by atoms with E-state index in [1.807, 2.05) is 32.0 Å². The lowest BCUT2D eigenvalue weighted by Gasteiger charge is -2.13. The number of rotatable bonds is 9. The molecule has 7 heteroatoms. The number of hydrogen-bond acceptors (Lipinski definition) is 4. The standard InChI is InChI=1S/C27H27FN2O4/c1-18(2)34-24-13-7-19(16-25(24)33-3)8-14-26(31)29-17-20-5-4-6-23(15-20)30-27(32)21-9-11-22(28)12-10-21/h4-16,18H,17H2,1-3H3,(H,29,31)(H,30,32)/b14-8+. The number of amides is 2. The van der Waals surface area contributed by atoms with Crippen molar-refractivity contribution in [3.63, 3.8) is 0 Å². The molecule has 2 amide bonds. The number of halogens is 1. The van der Waals surface area contributed by atoms with Gasteiger partial charge in [-0.05, 0) is 79.6 Å². The van der Waals surface area contributed by atoms with Crippen LogP contribution in [0.15, 0.2) is 72.8 Å². The van der Waals surface area contributed by atoms with E-state index in [9.17, 15) is 14.0 Å². The molecule has 0 spiro atoms. The molecule has 0 fully saturated rings. The van der Waals surface area contributed by atoms with Gasteiger partial charge in [-0.15, -0.1) is 0 Å². The lowest BCUT2D eigenvalue weighted by molar-refractivity contribution is -0.116. The maximum atomic E-state index is 13.0. The summed E-state index contributed by atoms with van der Waals surface area (Å²) in [5, 5.41) is 5.59. The minimum atomic E-state index is -0.403. The van der Waals surface area contributed by atoms with Crippen molar-refractivity contribution >= 4 is 23.6 Å². The van der Waals surface area contributed by atoms with E-state index < -0.39 is 5.82 Å². The van der Waals surface area contributed by atoms with Crippen molar-refractivity contribution in [1.29, 1.82) is 0 Å². The van der Waals surface area contributed by atoms with Gasteiger partial charge in [-0.25, -0.2) is 4.39 Å². The number of methoxy groups -OCH3 is 1. The monoisotopic (exact) mass is 462 g/mol. The van der Waals surface area contributed by atoms with E-state index in [1.54, 1.807) is 37.5 Å². The fourth-order valence-corrected chi connectivity index (χ4v) is 3.12. The van der Waals surface area contributed by atoms with Gasteiger partial charge in [0.25, 0.3) is 5.91 Å². The Labute approximate surface area is 198 Å². The van der Waals surface area contributed by atoms with Crippen molar-refractivity contribution < 1.29 is 23.5 Å². The fraction of sp³-hybridized carbons (Fsp3) is 0.185. The van der Waals surface area contributed by atoms with Crippen LogP contribution >= 0.6 is 0 Å². The second-order valence-corrected chi connectivity index (χ2v) is 7.79. The predicted molar refractivity (Wildman–Crippen MR) is 130 cm³/mol. The topological polar surface area (TPSA) is 76.7 Å². The van der Waals surface area contributed by atoms with Crippen LogP contribution in [-0.4, -0.2) is 25.0 Å². The Morgan fingerprint density at radius 2 is 1.76 bits per heavy atom. The Balaban J connectivity index is 1.56. The number of anilines is 1. The summed E-state index contributed by atoms with van der Waals surface area (Å²) in [5.41, 5.74) is 2.54. The fourth-order valence-electron chi connectivity index (χ4n) is 3.12. The van der Waals surface area contributed by atoms with Crippen LogP contribution in [0.25, 0.3) is 6.08 Å². The van der Waals surface area contributed by atoms with Crippen molar-refractivity contribution in [2.75, 3.05) is 12.4 Å². The summed E-state index contributed by atoms with van der Waals surface area (Å²) in [7, 11) is 1.57. The second kappa shape index (κ2) is 11.7. The smallest absolute Gasteiger partial charge is 0.255 e. The van der Waals surface area contributed by atoms with Gasteiger partial charge in [0.1, 0.15) is 5.82 Å². The Kier molecular flexibility index (Phi) is 8.40. The second-order valence-electron chi connectivity index (χ2n) is 7.79. The molecule has 0 bridgehead atoms. The van der Waals surface area contributed by atoms with Crippen LogP contribution in [0.5, 0.6) is 11.5 Å². The molecule has 0 aliphatic carbocycles. The quantitative estimate of drug-likeness (QED) is 0.429. The molecule has 3 aromatic carbocycles. The normalized spacial score (nSPS) is 10.9. The van der Waals surface area contributed by atoms with Gasteiger partial charge in [-0.1, -0.05) is 18.2 Å². The highest BCUT2D eigenvalue weighted by Crippen LogP contribution is 2.29. The van der Waals surface area contributed by atoms with Gasteiger partial charge >= 0.3 is 0 Å². The van der Waals surface area contributed by atoms with Gasteiger partial charge in [-0.3, -0.25) is 9.59 Å². The molecule has 3 rings (SSSR count). The SMILES string of the molecule is COc1cc(/C=C/C(=O)NCc2cccc(NC(=O)c3ccc(F)cc3)c2)ccc1OC(C)C. The van der Waals surface area contributed by atoms with Gasteiger partial charge in [0.2, 0.25) is 5.91 Å². The first kappa shape index (κ1) is 24.5. The molecule has 6 nitrogen and oxygen atoms in total. The number of carbonyl (C=O) groups excluding carboxylic acids is 2. The molecule has 0 aliphatic heterocycles. The summed E-state index contributed by atoms with van der Waals surface area (Å²) in [6, 6.07) is 17.9. The van der Waals surface area contributed by atoms with E-state index >= 15 is 0 Å². The first-order chi connectivity index (χ1) is 16.3. The molecule has 3 aromatic rings. The third-order valence-corrected chi connectivity index (χ3v) is 4.74. The summed E-state index contributed by atoms with van der Waals surface area (Å²) in [6.07, 6.45) is 3.16. The van der Waals surface area contributed by atoms with Crippen LogP contribution in [0, 0.1) is 5.82 Å². The Morgan fingerprint density at radius 3 is 2.47 bits per heavy atom. The average molecular weight is 463 g/mol. The highest BCUT2D eigenvalue weighted by atomic mass is 19.1. The van der Waals surface area contributed by atoms with Crippen molar-refractivity contribution in [1.82, 2.24) is 5.32 Å². The van der Waals surface area contributed by atoms with Crippen LogP contribution in [-0.2, 0) is 11.3 Å². The summed E-state index contributed by atoms with van der Waals surface area (Å²) in [6.45, 7) is 4.16. The van der Waals surface area contributed by atoms with E-state index in [1.165, 1.54) is 30.3 Å². The molecule has 0 heterocycles. The first-order valence-corrected chi connectivity index (χ1v) is 10.8. The molecule has 0 atom stereocenters. The van der Waals surface area contributed by atoms with Crippen LogP contribution in [0.2, 0.25) is 0 Å². The Morgan fingerprint density at radius 1 is 1.00 bits per heavy atom. The maximum absolute atomic E-state index is 13.0. The lowest BCUT2D eigenvalue weighted by atomic mass is 10.1. The van der Waals surface area contributed by atoms with Gasteiger partial charge in [0.05, 0.1) is 13.2 Å². The van der Waals surface area contributed by atoms with E-state index in [4.69, 9.17) is 9.47 Å². The Hall–Kier alpha value is -4.13. The lowest BCUT2D eigenvalue weighted by Crippen LogP contribution is -2.20. The van der Waals surface area contributed by atoms with E-state index in [0.717, 1.165) is 11.1 Å². The van der Waals surface area contributed by atoms with Crippen LogP contribution in [0.4, 0.5) is 10.1 Å². The third-order valence-electron chi connectivity index (χ3n) is 4.74. The number of benzene rings is 3. The third kappa shape index (κ3) is 7.20. The van der Waals surface area contributed by atoms with Gasteiger partial charge in [0, 0.05) is 23.9 Å². The molecular formula is C27H27FN2O4. The molecule has 0 aliphatic rings. The van der Waals surface area contributed by atoms with Crippen molar-refractivity contribution in [2.45, 2.75) is 26.5 Å². The van der Waals surface area contributed by atoms with Crippen molar-refractivity contribution in [2.24, 2.45) is 0 Å². The molecule has 0 radical (unpaired) electrons. The highest BCUT2D eigenvalue weighted by Gasteiger charge is 2.08. The van der Waals surface area contributed by atoms with E-state index in [-0.39, 0.29) is 24.5 Å². The maximum Gasteiger partial charge on any atom is 0.255 e. The van der Waals surface area contributed by atoms with Crippen molar-refractivity contribution in [3.8, 4) is 11.5 Å². The first-order valence-electron chi connectivity index (χ1n) is 10.8.